The van der Waals surface area contributed by atoms with Gasteiger partial charge in [-0.2, -0.15) is 0 Å². The second-order valence-corrected chi connectivity index (χ2v) is 6.34. The van der Waals surface area contributed by atoms with E-state index in [2.05, 4.69) is 35.6 Å². The van der Waals surface area contributed by atoms with Crippen LogP contribution in [0, 0.1) is 5.92 Å². The van der Waals surface area contributed by atoms with Crippen LogP contribution in [0.1, 0.15) is 27.2 Å². The summed E-state index contributed by atoms with van der Waals surface area (Å²) in [5.74, 6) is 1.85. The average molecular weight is 266 g/mol. The standard InChI is InChI=1S/C13H22N4S/c1-10(2)6-12-8-18-13(16-12)15-11(3)7-17-5-4-14-9-17/h4-5,9-12H,6-8H2,1-3H3,(H,15,16). The fourth-order valence-corrected chi connectivity index (χ4v) is 3.20. The topological polar surface area (TPSA) is 42.2 Å². The van der Waals surface area contributed by atoms with Gasteiger partial charge in [-0.05, 0) is 19.3 Å². The molecule has 0 amide bonds. The first-order valence-corrected chi connectivity index (χ1v) is 7.55. The van der Waals surface area contributed by atoms with Crippen LogP contribution < -0.4 is 5.32 Å². The third kappa shape index (κ3) is 4.05. The van der Waals surface area contributed by atoms with Gasteiger partial charge in [-0.1, -0.05) is 25.6 Å². The van der Waals surface area contributed by atoms with Gasteiger partial charge in [0, 0.05) is 30.7 Å². The zero-order valence-corrected chi connectivity index (χ0v) is 12.2. The Hall–Kier alpha value is -0.970. The molecule has 0 aliphatic carbocycles. The molecule has 2 unspecified atom stereocenters. The number of amidine groups is 1. The van der Waals surface area contributed by atoms with Crippen LogP contribution in [-0.4, -0.2) is 32.6 Å². The van der Waals surface area contributed by atoms with Gasteiger partial charge in [-0.3, -0.25) is 4.99 Å². The molecular formula is C13H22N4S. The summed E-state index contributed by atoms with van der Waals surface area (Å²) in [6.45, 7) is 7.62. The lowest BCUT2D eigenvalue weighted by Crippen LogP contribution is -2.33. The highest BCUT2D eigenvalue weighted by atomic mass is 32.2. The molecule has 1 aliphatic heterocycles. The van der Waals surface area contributed by atoms with Gasteiger partial charge in [0.25, 0.3) is 0 Å². The Labute approximate surface area is 113 Å². The van der Waals surface area contributed by atoms with Gasteiger partial charge in [0.05, 0.1) is 12.4 Å². The lowest BCUT2D eigenvalue weighted by Gasteiger charge is -2.14. The SMILES string of the molecule is CC(C)CC1CSC(NC(C)Cn2ccnc2)=N1. The molecule has 0 spiro atoms. The molecule has 0 fully saturated rings. The number of hydrogen-bond donors (Lipinski definition) is 1. The van der Waals surface area contributed by atoms with Crippen LogP contribution in [0.4, 0.5) is 0 Å². The monoisotopic (exact) mass is 266 g/mol. The zero-order chi connectivity index (χ0) is 13.0. The fourth-order valence-electron chi connectivity index (χ4n) is 2.13. The Morgan fingerprint density at radius 3 is 3.00 bits per heavy atom. The average Bonchev–Trinajstić information content (AvgIpc) is 2.89. The molecule has 1 aromatic rings. The van der Waals surface area contributed by atoms with E-state index in [1.165, 1.54) is 6.42 Å². The maximum Gasteiger partial charge on any atom is 0.157 e. The van der Waals surface area contributed by atoms with Crippen molar-refractivity contribution in [2.24, 2.45) is 10.9 Å². The number of hydrogen-bond acceptors (Lipinski definition) is 4. The highest BCUT2D eigenvalue weighted by Gasteiger charge is 2.20. The van der Waals surface area contributed by atoms with Gasteiger partial charge in [-0.15, -0.1) is 0 Å². The molecule has 1 aromatic heterocycles. The summed E-state index contributed by atoms with van der Waals surface area (Å²) in [6.07, 6.45) is 6.84. The number of aromatic nitrogens is 2. The van der Waals surface area contributed by atoms with E-state index in [0.717, 1.165) is 23.4 Å². The second-order valence-electron chi connectivity index (χ2n) is 5.33. The van der Waals surface area contributed by atoms with Crippen LogP contribution in [0.3, 0.4) is 0 Å². The van der Waals surface area contributed by atoms with Gasteiger partial charge in [0.1, 0.15) is 0 Å². The molecule has 18 heavy (non-hydrogen) atoms. The van der Waals surface area contributed by atoms with Gasteiger partial charge in [0.2, 0.25) is 0 Å². The number of aliphatic imine (C=N–C) groups is 1. The summed E-state index contributed by atoms with van der Waals surface area (Å²) >= 11 is 1.85. The maximum atomic E-state index is 4.74. The Morgan fingerprint density at radius 2 is 2.33 bits per heavy atom. The Bertz CT molecular complexity index is 386. The Morgan fingerprint density at radius 1 is 1.50 bits per heavy atom. The summed E-state index contributed by atoms with van der Waals surface area (Å²) in [4.78, 5) is 8.79. The molecule has 2 rings (SSSR count). The largest absolute Gasteiger partial charge is 0.361 e. The number of rotatable bonds is 5. The van der Waals surface area contributed by atoms with Crippen molar-refractivity contribution in [1.29, 1.82) is 0 Å². The Kier molecular flexibility index (Phi) is 4.69. The van der Waals surface area contributed by atoms with Gasteiger partial charge in [0.15, 0.2) is 5.17 Å². The minimum absolute atomic E-state index is 0.378. The smallest absolute Gasteiger partial charge is 0.157 e. The van der Waals surface area contributed by atoms with E-state index in [9.17, 15) is 0 Å². The molecule has 0 saturated carbocycles. The van der Waals surface area contributed by atoms with Crippen molar-refractivity contribution < 1.29 is 0 Å². The normalized spacial score (nSPS) is 21.1. The molecule has 4 nitrogen and oxygen atoms in total. The van der Waals surface area contributed by atoms with E-state index >= 15 is 0 Å². The van der Waals surface area contributed by atoms with E-state index in [4.69, 9.17) is 4.99 Å². The first-order chi connectivity index (χ1) is 8.63. The molecule has 1 N–H and O–H groups in total. The van der Waals surface area contributed by atoms with Gasteiger partial charge < -0.3 is 9.88 Å². The van der Waals surface area contributed by atoms with Crippen LogP contribution in [0.15, 0.2) is 23.7 Å². The van der Waals surface area contributed by atoms with Crippen LogP contribution in [0.5, 0.6) is 0 Å². The molecule has 0 radical (unpaired) electrons. The van der Waals surface area contributed by atoms with Crippen LogP contribution in [-0.2, 0) is 6.54 Å². The number of nitrogens with zero attached hydrogens (tertiary/aromatic N) is 3. The van der Waals surface area contributed by atoms with Gasteiger partial charge >= 0.3 is 0 Å². The zero-order valence-electron chi connectivity index (χ0n) is 11.3. The molecular weight excluding hydrogens is 244 g/mol. The lowest BCUT2D eigenvalue weighted by atomic mass is 10.1. The molecule has 0 saturated heterocycles. The third-order valence-electron chi connectivity index (χ3n) is 2.87. The summed E-state index contributed by atoms with van der Waals surface area (Å²) in [5.41, 5.74) is 0. The molecule has 2 heterocycles. The highest BCUT2D eigenvalue weighted by molar-refractivity contribution is 8.14. The molecule has 2 atom stereocenters. The minimum Gasteiger partial charge on any atom is -0.361 e. The van der Waals surface area contributed by atoms with Crippen molar-refractivity contribution in [2.75, 3.05) is 5.75 Å². The van der Waals surface area contributed by atoms with Crippen molar-refractivity contribution in [3.05, 3.63) is 18.7 Å². The van der Waals surface area contributed by atoms with Crippen molar-refractivity contribution in [1.82, 2.24) is 14.9 Å². The van der Waals surface area contributed by atoms with E-state index in [1.807, 2.05) is 30.5 Å². The second kappa shape index (κ2) is 6.27. The predicted molar refractivity (Wildman–Crippen MR) is 78.0 cm³/mol. The van der Waals surface area contributed by atoms with E-state index in [-0.39, 0.29) is 0 Å². The Balaban J connectivity index is 1.79. The van der Waals surface area contributed by atoms with E-state index < -0.39 is 0 Å². The van der Waals surface area contributed by atoms with Crippen molar-refractivity contribution in [3.8, 4) is 0 Å². The summed E-state index contributed by atoms with van der Waals surface area (Å²) in [6, 6.07) is 0.876. The maximum absolute atomic E-state index is 4.74. The molecule has 0 bridgehead atoms. The molecule has 0 aromatic carbocycles. The van der Waals surface area contributed by atoms with E-state index in [0.29, 0.717) is 12.1 Å². The van der Waals surface area contributed by atoms with Crippen LogP contribution in [0.25, 0.3) is 0 Å². The summed E-state index contributed by atoms with van der Waals surface area (Å²) < 4.78 is 2.09. The quantitative estimate of drug-likeness (QED) is 0.889. The third-order valence-corrected chi connectivity index (χ3v) is 3.92. The van der Waals surface area contributed by atoms with Crippen LogP contribution in [0.2, 0.25) is 0 Å². The molecule has 100 valence electrons. The van der Waals surface area contributed by atoms with Crippen molar-refractivity contribution >= 4 is 16.9 Å². The predicted octanol–water partition coefficient (Wildman–Crippen LogP) is 2.38. The first-order valence-electron chi connectivity index (χ1n) is 6.56. The number of imidazole rings is 1. The van der Waals surface area contributed by atoms with Crippen molar-refractivity contribution in [3.63, 3.8) is 0 Å². The van der Waals surface area contributed by atoms with Crippen LogP contribution >= 0.6 is 11.8 Å². The number of thioether (sulfide) groups is 1. The van der Waals surface area contributed by atoms with E-state index in [1.54, 1.807) is 0 Å². The fraction of sp³-hybridized carbons (Fsp3) is 0.692. The summed E-state index contributed by atoms with van der Waals surface area (Å²) in [5, 5.41) is 4.59. The highest BCUT2D eigenvalue weighted by Crippen LogP contribution is 2.22. The minimum atomic E-state index is 0.378. The summed E-state index contributed by atoms with van der Waals surface area (Å²) in [7, 11) is 0. The number of nitrogens with one attached hydrogen (secondary N) is 1. The molecule has 1 aliphatic rings. The lowest BCUT2D eigenvalue weighted by molar-refractivity contribution is 0.523. The molecule has 5 heteroatoms. The first kappa shape index (κ1) is 13.5. The van der Waals surface area contributed by atoms with Gasteiger partial charge in [-0.25, -0.2) is 4.98 Å². The van der Waals surface area contributed by atoms with Crippen molar-refractivity contribution in [2.45, 2.75) is 45.8 Å².